The average Bonchev–Trinajstić information content (AvgIpc) is 2.63. The number of carbonyl (C=O) groups is 1. The van der Waals surface area contributed by atoms with Gasteiger partial charge in [0.1, 0.15) is 5.82 Å². The lowest BCUT2D eigenvalue weighted by atomic mass is 10.2. The van der Waals surface area contributed by atoms with Crippen LogP contribution in [0.2, 0.25) is 0 Å². The number of benzene rings is 2. The maximum atomic E-state index is 12.3. The molecule has 0 unspecified atom stereocenters. The van der Waals surface area contributed by atoms with Crippen LogP contribution >= 0.6 is 0 Å². The Morgan fingerprint density at radius 1 is 0.840 bits per heavy atom. The van der Waals surface area contributed by atoms with Crippen molar-refractivity contribution >= 4 is 27.4 Å². The quantitative estimate of drug-likeness (QED) is 0.737. The summed E-state index contributed by atoms with van der Waals surface area (Å²) in [5.41, 5.74) is 1.03. The molecule has 6 nitrogen and oxygen atoms in total. The first kappa shape index (κ1) is 16.7. The molecule has 7 heteroatoms. The molecule has 0 aliphatic heterocycles. The van der Waals surface area contributed by atoms with Gasteiger partial charge in [0.05, 0.1) is 4.90 Å². The molecule has 0 bridgehead atoms. The topological polar surface area (TPSA) is 88.2 Å². The highest BCUT2D eigenvalue weighted by atomic mass is 32.2. The van der Waals surface area contributed by atoms with E-state index in [1.54, 1.807) is 30.3 Å². The van der Waals surface area contributed by atoms with E-state index < -0.39 is 10.0 Å². The fourth-order valence-electron chi connectivity index (χ4n) is 2.13. The summed E-state index contributed by atoms with van der Waals surface area (Å²) in [7, 11) is -3.76. The van der Waals surface area contributed by atoms with E-state index in [0.717, 1.165) is 0 Å². The number of para-hydroxylation sites is 1. The molecule has 3 rings (SSSR count). The number of amides is 1. The van der Waals surface area contributed by atoms with Gasteiger partial charge >= 0.3 is 0 Å². The van der Waals surface area contributed by atoms with E-state index in [9.17, 15) is 13.2 Å². The smallest absolute Gasteiger partial charge is 0.263 e. The van der Waals surface area contributed by atoms with Crippen LogP contribution in [0.25, 0.3) is 0 Å². The van der Waals surface area contributed by atoms with Crippen LogP contribution in [0.3, 0.4) is 0 Å². The highest BCUT2D eigenvalue weighted by Gasteiger charge is 2.15. The van der Waals surface area contributed by atoms with Crippen molar-refractivity contribution in [3.63, 3.8) is 0 Å². The first-order valence-corrected chi connectivity index (χ1v) is 8.93. The molecule has 0 saturated heterocycles. The Morgan fingerprint density at radius 2 is 1.52 bits per heavy atom. The van der Waals surface area contributed by atoms with Crippen LogP contribution in [0.15, 0.2) is 83.9 Å². The summed E-state index contributed by atoms with van der Waals surface area (Å²) in [6.07, 6.45) is 1.49. The zero-order valence-electron chi connectivity index (χ0n) is 13.1. The molecule has 3 aromatic rings. The number of carbonyl (C=O) groups excluding carboxylic acids is 1. The standard InChI is InChI=1S/C18H15N3O3S/c22-18(20-15-6-2-1-3-7-15)14-9-11-16(12-10-14)25(23,24)21-17-8-4-5-13-19-17/h1-13H,(H,19,21)(H,20,22). The molecule has 0 saturated carbocycles. The number of aromatic nitrogens is 1. The molecule has 0 radical (unpaired) electrons. The van der Waals surface area contributed by atoms with Crippen molar-refractivity contribution in [2.45, 2.75) is 4.90 Å². The van der Waals surface area contributed by atoms with Gasteiger partial charge in [0.25, 0.3) is 15.9 Å². The molecule has 1 heterocycles. The third-order valence-electron chi connectivity index (χ3n) is 3.36. The number of pyridine rings is 1. The fourth-order valence-corrected chi connectivity index (χ4v) is 3.14. The predicted octanol–water partition coefficient (Wildman–Crippen LogP) is 3.13. The van der Waals surface area contributed by atoms with Gasteiger partial charge in [-0.1, -0.05) is 24.3 Å². The largest absolute Gasteiger partial charge is 0.322 e. The summed E-state index contributed by atoms with van der Waals surface area (Å²) in [6.45, 7) is 0. The summed E-state index contributed by atoms with van der Waals surface area (Å²) in [4.78, 5) is 16.2. The molecule has 25 heavy (non-hydrogen) atoms. The number of sulfonamides is 1. The average molecular weight is 353 g/mol. The SMILES string of the molecule is O=C(Nc1ccccc1)c1ccc(S(=O)(=O)Nc2ccccn2)cc1. The van der Waals surface area contributed by atoms with Crippen molar-refractivity contribution in [2.24, 2.45) is 0 Å². The van der Waals surface area contributed by atoms with Crippen molar-refractivity contribution in [3.8, 4) is 0 Å². The first-order chi connectivity index (χ1) is 12.0. The second kappa shape index (κ2) is 7.14. The second-order valence-corrected chi connectivity index (χ2v) is 6.85. The Bertz CT molecular complexity index is 957. The van der Waals surface area contributed by atoms with E-state index in [-0.39, 0.29) is 16.6 Å². The summed E-state index contributed by atoms with van der Waals surface area (Å²) in [6, 6.07) is 19.6. The Kier molecular flexibility index (Phi) is 4.76. The number of nitrogens with one attached hydrogen (secondary N) is 2. The summed E-state index contributed by atoms with van der Waals surface area (Å²) in [5, 5.41) is 2.74. The maximum Gasteiger partial charge on any atom is 0.263 e. The van der Waals surface area contributed by atoms with Crippen LogP contribution in [0.1, 0.15) is 10.4 Å². The second-order valence-electron chi connectivity index (χ2n) is 5.17. The van der Waals surface area contributed by atoms with E-state index in [0.29, 0.717) is 11.3 Å². The molecule has 2 N–H and O–H groups in total. The third kappa shape index (κ3) is 4.21. The van der Waals surface area contributed by atoms with Crippen molar-refractivity contribution in [1.29, 1.82) is 0 Å². The molecule has 0 spiro atoms. The maximum absolute atomic E-state index is 12.3. The van der Waals surface area contributed by atoms with Gasteiger partial charge in [0, 0.05) is 17.4 Å². The number of hydrogen-bond acceptors (Lipinski definition) is 4. The minimum absolute atomic E-state index is 0.0504. The summed E-state index contributed by atoms with van der Waals surface area (Å²) >= 11 is 0. The van der Waals surface area contributed by atoms with E-state index in [1.165, 1.54) is 30.5 Å². The number of rotatable bonds is 5. The lowest BCUT2D eigenvalue weighted by Gasteiger charge is -2.08. The van der Waals surface area contributed by atoms with Crippen molar-refractivity contribution in [2.75, 3.05) is 10.0 Å². The van der Waals surface area contributed by atoms with Crippen molar-refractivity contribution in [1.82, 2.24) is 4.98 Å². The molecule has 1 aromatic heterocycles. The molecule has 2 aromatic carbocycles. The minimum Gasteiger partial charge on any atom is -0.322 e. The summed E-state index contributed by atoms with van der Waals surface area (Å²) in [5.74, 6) is -0.0822. The fraction of sp³-hybridized carbons (Fsp3) is 0. The van der Waals surface area contributed by atoms with Gasteiger partial charge in [-0.05, 0) is 48.5 Å². The van der Waals surface area contributed by atoms with Crippen LogP contribution in [0.4, 0.5) is 11.5 Å². The molecule has 0 atom stereocenters. The Balaban J connectivity index is 1.74. The van der Waals surface area contributed by atoms with Gasteiger partial charge in [-0.2, -0.15) is 0 Å². The number of anilines is 2. The molecule has 0 fully saturated rings. The normalized spacial score (nSPS) is 10.9. The zero-order valence-corrected chi connectivity index (χ0v) is 13.9. The van der Waals surface area contributed by atoms with Gasteiger partial charge in [0.15, 0.2) is 0 Å². The van der Waals surface area contributed by atoms with Crippen LogP contribution in [-0.2, 0) is 10.0 Å². The lowest BCUT2D eigenvalue weighted by molar-refractivity contribution is 0.102. The lowest BCUT2D eigenvalue weighted by Crippen LogP contribution is -2.15. The predicted molar refractivity (Wildman–Crippen MR) is 95.9 cm³/mol. The number of nitrogens with zero attached hydrogens (tertiary/aromatic N) is 1. The van der Waals surface area contributed by atoms with E-state index in [2.05, 4.69) is 15.0 Å². The van der Waals surface area contributed by atoms with Gasteiger partial charge in [-0.25, -0.2) is 13.4 Å². The van der Waals surface area contributed by atoms with Crippen LogP contribution in [0.5, 0.6) is 0 Å². The van der Waals surface area contributed by atoms with Crippen LogP contribution < -0.4 is 10.0 Å². The van der Waals surface area contributed by atoms with Crippen molar-refractivity contribution in [3.05, 3.63) is 84.6 Å². The van der Waals surface area contributed by atoms with Gasteiger partial charge in [0.2, 0.25) is 0 Å². The van der Waals surface area contributed by atoms with Gasteiger partial charge in [-0.3, -0.25) is 9.52 Å². The highest BCUT2D eigenvalue weighted by Crippen LogP contribution is 2.16. The monoisotopic (exact) mass is 353 g/mol. The number of hydrogen-bond donors (Lipinski definition) is 2. The molecular formula is C18H15N3O3S. The van der Waals surface area contributed by atoms with Crippen LogP contribution in [0, 0.1) is 0 Å². The molecule has 126 valence electrons. The Labute approximate surface area is 145 Å². The summed E-state index contributed by atoms with van der Waals surface area (Å²) < 4.78 is 27.0. The van der Waals surface area contributed by atoms with E-state index in [1.807, 2.05) is 18.2 Å². The van der Waals surface area contributed by atoms with E-state index in [4.69, 9.17) is 0 Å². The van der Waals surface area contributed by atoms with Crippen molar-refractivity contribution < 1.29 is 13.2 Å². The Hall–Kier alpha value is -3.19. The highest BCUT2D eigenvalue weighted by molar-refractivity contribution is 7.92. The molecule has 0 aliphatic carbocycles. The molecular weight excluding hydrogens is 338 g/mol. The Morgan fingerprint density at radius 3 is 2.16 bits per heavy atom. The minimum atomic E-state index is -3.76. The molecule has 0 aliphatic rings. The van der Waals surface area contributed by atoms with Gasteiger partial charge in [-0.15, -0.1) is 0 Å². The molecule has 1 amide bonds. The third-order valence-corrected chi connectivity index (χ3v) is 4.73. The zero-order chi connectivity index (χ0) is 17.7. The van der Waals surface area contributed by atoms with Crippen LogP contribution in [-0.4, -0.2) is 19.3 Å². The first-order valence-electron chi connectivity index (χ1n) is 7.45. The van der Waals surface area contributed by atoms with Gasteiger partial charge < -0.3 is 5.32 Å². The van der Waals surface area contributed by atoms with E-state index >= 15 is 0 Å².